The molecule has 1 aliphatic carbocycles. The van der Waals surface area contributed by atoms with Crippen LogP contribution in [0.4, 0.5) is 4.39 Å². The molecule has 1 atom stereocenters. The number of rotatable bonds is 5. The molecule has 0 saturated carbocycles. The van der Waals surface area contributed by atoms with Crippen LogP contribution in [0.5, 0.6) is 5.75 Å². The van der Waals surface area contributed by atoms with Crippen LogP contribution in [0.15, 0.2) is 65.3 Å². The lowest BCUT2D eigenvalue weighted by Crippen LogP contribution is -2.07. The predicted molar refractivity (Wildman–Crippen MR) is 110 cm³/mol. The third-order valence-corrected chi connectivity index (χ3v) is 4.92. The van der Waals surface area contributed by atoms with Crippen molar-refractivity contribution < 1.29 is 9.13 Å². The van der Waals surface area contributed by atoms with Crippen LogP contribution in [0.1, 0.15) is 56.6 Å². The molecule has 3 heteroatoms. The molecule has 0 spiro atoms. The Morgan fingerprint density at radius 3 is 2.85 bits per heavy atom. The van der Waals surface area contributed by atoms with E-state index in [0.717, 1.165) is 47.6 Å². The first kappa shape index (κ1) is 20.5. The number of halogens is 2. The Morgan fingerprint density at radius 2 is 2.15 bits per heavy atom. The van der Waals surface area contributed by atoms with Gasteiger partial charge in [-0.3, -0.25) is 0 Å². The molecule has 26 heavy (non-hydrogen) atoms. The van der Waals surface area contributed by atoms with Crippen molar-refractivity contribution in [3.63, 3.8) is 0 Å². The maximum atomic E-state index is 13.1. The second kappa shape index (κ2) is 10.4. The summed E-state index contributed by atoms with van der Waals surface area (Å²) in [4.78, 5) is 0. The van der Waals surface area contributed by atoms with Gasteiger partial charge < -0.3 is 4.74 Å². The molecular weight excluding hydrogens is 347 g/mol. The van der Waals surface area contributed by atoms with Gasteiger partial charge in [-0.1, -0.05) is 55.5 Å². The van der Waals surface area contributed by atoms with Crippen LogP contribution in [0.3, 0.4) is 0 Å². The summed E-state index contributed by atoms with van der Waals surface area (Å²) in [6, 6.07) is 5.69. The Kier molecular flexibility index (Phi) is 8.18. The summed E-state index contributed by atoms with van der Waals surface area (Å²) in [5.74, 6) is 1.02. The van der Waals surface area contributed by atoms with Gasteiger partial charge in [0, 0.05) is 5.03 Å². The van der Waals surface area contributed by atoms with Crippen molar-refractivity contribution in [1.82, 2.24) is 0 Å². The highest BCUT2D eigenvalue weighted by Gasteiger charge is 2.20. The number of allylic oxidation sites excluding steroid dienone is 7. The predicted octanol–water partition coefficient (Wildman–Crippen LogP) is 7.39. The molecule has 1 aromatic carbocycles. The van der Waals surface area contributed by atoms with E-state index in [1.54, 1.807) is 0 Å². The second-order valence-electron chi connectivity index (χ2n) is 6.51. The average molecular weight is 375 g/mol. The molecule has 0 bridgehead atoms. The number of ether oxygens (including phenoxy) is 1. The molecule has 1 nitrogen and oxygen atoms in total. The molecule has 0 saturated heterocycles. The standard InChI is InChI=1S/C23H28ClFO/c1-4-7-19-15-20(11-12-21(24)9-6-8-17(19)3)22-13-10-18(16-25)14-23(22)26-5-2/h6-10,13-14,20H,3-5,11-12,15-16H2,1-2H3/b8-6-,19-7-,21-9+. The maximum Gasteiger partial charge on any atom is 0.123 e. The Balaban J connectivity index is 2.44. The summed E-state index contributed by atoms with van der Waals surface area (Å²) >= 11 is 6.35. The van der Waals surface area contributed by atoms with Crippen LogP contribution in [-0.4, -0.2) is 6.61 Å². The number of hydrogen-bond acceptors (Lipinski definition) is 1. The van der Waals surface area contributed by atoms with E-state index in [4.69, 9.17) is 16.3 Å². The fourth-order valence-electron chi connectivity index (χ4n) is 3.28. The average Bonchev–Trinajstić information content (AvgIpc) is 2.64. The van der Waals surface area contributed by atoms with Gasteiger partial charge in [0.15, 0.2) is 0 Å². The largest absolute Gasteiger partial charge is 0.494 e. The van der Waals surface area contributed by atoms with Crippen molar-refractivity contribution in [2.75, 3.05) is 6.61 Å². The van der Waals surface area contributed by atoms with Crippen LogP contribution < -0.4 is 4.74 Å². The molecule has 0 aliphatic heterocycles. The van der Waals surface area contributed by atoms with Crippen molar-refractivity contribution in [2.24, 2.45) is 0 Å². The van der Waals surface area contributed by atoms with Gasteiger partial charge in [-0.2, -0.15) is 0 Å². The van der Waals surface area contributed by atoms with Gasteiger partial charge in [0.2, 0.25) is 0 Å². The summed E-state index contributed by atoms with van der Waals surface area (Å²) in [5, 5.41) is 0.834. The quantitative estimate of drug-likeness (QED) is 0.521. The smallest absolute Gasteiger partial charge is 0.123 e. The fourth-order valence-corrected chi connectivity index (χ4v) is 3.46. The van der Waals surface area contributed by atoms with Crippen LogP contribution in [-0.2, 0) is 6.67 Å². The molecule has 140 valence electrons. The van der Waals surface area contributed by atoms with E-state index in [1.807, 2.05) is 43.4 Å². The van der Waals surface area contributed by atoms with Crippen LogP contribution in [0, 0.1) is 0 Å². The lowest BCUT2D eigenvalue weighted by atomic mass is 9.84. The van der Waals surface area contributed by atoms with Crippen LogP contribution >= 0.6 is 11.6 Å². The molecule has 1 unspecified atom stereocenters. The van der Waals surface area contributed by atoms with Crippen molar-refractivity contribution >= 4 is 11.6 Å². The fraction of sp³-hybridized carbons (Fsp3) is 0.391. The van der Waals surface area contributed by atoms with Gasteiger partial charge >= 0.3 is 0 Å². The van der Waals surface area contributed by atoms with E-state index in [1.165, 1.54) is 5.57 Å². The topological polar surface area (TPSA) is 9.23 Å². The lowest BCUT2D eigenvalue weighted by Gasteiger charge is -2.23. The molecule has 1 aliphatic rings. The Bertz CT molecular complexity index is 715. The first-order valence-corrected chi connectivity index (χ1v) is 9.69. The first-order valence-electron chi connectivity index (χ1n) is 9.31. The van der Waals surface area contributed by atoms with E-state index >= 15 is 0 Å². The SMILES string of the molecule is C=C1/C=C\C=C(\Cl)CCC(c2ccc(CF)cc2OCC)C/C1=C/CC. The van der Waals surface area contributed by atoms with E-state index < -0.39 is 6.67 Å². The molecule has 0 radical (unpaired) electrons. The highest BCUT2D eigenvalue weighted by Crippen LogP contribution is 2.38. The Hall–Kier alpha value is -1.80. The van der Waals surface area contributed by atoms with Crippen molar-refractivity contribution in [1.29, 1.82) is 0 Å². The van der Waals surface area contributed by atoms with E-state index in [0.29, 0.717) is 12.2 Å². The second-order valence-corrected chi connectivity index (χ2v) is 7.00. The number of benzene rings is 1. The minimum Gasteiger partial charge on any atom is -0.494 e. The summed E-state index contributed by atoms with van der Waals surface area (Å²) in [6.07, 6.45) is 11.7. The van der Waals surface area contributed by atoms with Crippen LogP contribution in [0.2, 0.25) is 0 Å². The minimum absolute atomic E-state index is 0.244. The van der Waals surface area contributed by atoms with Gasteiger partial charge in [0.05, 0.1) is 6.61 Å². The van der Waals surface area contributed by atoms with Gasteiger partial charge in [0.1, 0.15) is 12.4 Å². The number of alkyl halides is 1. The van der Waals surface area contributed by atoms with Crippen molar-refractivity contribution in [3.05, 3.63) is 76.4 Å². The summed E-state index contributed by atoms with van der Waals surface area (Å²) in [5.41, 5.74) is 4.02. The van der Waals surface area contributed by atoms with E-state index in [2.05, 4.69) is 19.6 Å². The molecule has 2 rings (SSSR count). The monoisotopic (exact) mass is 374 g/mol. The third kappa shape index (κ3) is 5.60. The zero-order valence-electron chi connectivity index (χ0n) is 15.7. The van der Waals surface area contributed by atoms with Crippen molar-refractivity contribution in [3.8, 4) is 5.75 Å². The normalized spacial score (nSPS) is 23.4. The highest BCUT2D eigenvalue weighted by atomic mass is 35.5. The summed E-state index contributed by atoms with van der Waals surface area (Å²) < 4.78 is 18.9. The van der Waals surface area contributed by atoms with Crippen molar-refractivity contribution in [2.45, 2.75) is 52.1 Å². The molecule has 0 amide bonds. The maximum absolute atomic E-state index is 13.1. The van der Waals surface area contributed by atoms with E-state index in [-0.39, 0.29) is 5.92 Å². The van der Waals surface area contributed by atoms with Gasteiger partial charge in [-0.15, -0.1) is 0 Å². The van der Waals surface area contributed by atoms with Gasteiger partial charge in [-0.25, -0.2) is 4.39 Å². The Morgan fingerprint density at radius 1 is 1.35 bits per heavy atom. The van der Waals surface area contributed by atoms with Gasteiger partial charge in [0.25, 0.3) is 0 Å². The Labute approximate surface area is 161 Å². The minimum atomic E-state index is -0.484. The highest BCUT2D eigenvalue weighted by molar-refractivity contribution is 6.29. The third-order valence-electron chi connectivity index (χ3n) is 4.61. The first-order chi connectivity index (χ1) is 12.6. The zero-order valence-corrected chi connectivity index (χ0v) is 16.5. The molecule has 0 fully saturated rings. The molecular formula is C23H28ClFO. The molecule has 0 N–H and O–H groups in total. The molecule has 0 heterocycles. The van der Waals surface area contributed by atoms with Gasteiger partial charge in [-0.05, 0) is 72.9 Å². The van der Waals surface area contributed by atoms with Crippen LogP contribution in [0.25, 0.3) is 0 Å². The molecule has 1 aromatic rings. The van der Waals surface area contributed by atoms with E-state index in [9.17, 15) is 4.39 Å². The summed E-state index contributed by atoms with van der Waals surface area (Å²) in [6.45, 7) is 8.38. The zero-order chi connectivity index (χ0) is 18.9. The number of hydrogen-bond donors (Lipinski definition) is 0. The lowest BCUT2D eigenvalue weighted by molar-refractivity contribution is 0.332. The summed E-state index contributed by atoms with van der Waals surface area (Å²) in [7, 11) is 0. The molecule has 0 aromatic heterocycles.